The van der Waals surface area contributed by atoms with Crippen molar-refractivity contribution >= 4 is 11.9 Å². The number of anilines is 2. The molecule has 0 unspecified atom stereocenters. The molecule has 0 saturated carbocycles. The molecule has 8 heteroatoms. The monoisotopic (exact) mass is 291 g/mol. The Labute approximate surface area is 124 Å². The van der Waals surface area contributed by atoms with Gasteiger partial charge < -0.3 is 19.9 Å². The second-order valence-electron chi connectivity index (χ2n) is 4.53. The second kappa shape index (κ2) is 7.41. The molecule has 0 atom stereocenters. The van der Waals surface area contributed by atoms with Gasteiger partial charge in [-0.2, -0.15) is 15.0 Å². The topological polar surface area (TPSA) is 89.8 Å². The summed E-state index contributed by atoms with van der Waals surface area (Å²) < 4.78 is 7.08. The smallest absolute Gasteiger partial charge is 0.322 e. The molecule has 2 aromatic rings. The third-order valence-electron chi connectivity index (χ3n) is 2.88. The van der Waals surface area contributed by atoms with Crippen molar-refractivity contribution < 1.29 is 4.74 Å². The fourth-order valence-electron chi connectivity index (χ4n) is 1.77. The number of nitrogens with one attached hydrogen (secondary N) is 2. The Morgan fingerprint density at radius 3 is 2.43 bits per heavy atom. The highest BCUT2D eigenvalue weighted by Gasteiger charge is 2.06. The lowest BCUT2D eigenvalue weighted by Crippen LogP contribution is -2.13. The molecule has 0 fully saturated rings. The van der Waals surface area contributed by atoms with Crippen molar-refractivity contribution in [3.05, 3.63) is 18.2 Å². The van der Waals surface area contributed by atoms with Crippen molar-refractivity contribution in [2.24, 2.45) is 7.05 Å². The van der Waals surface area contributed by atoms with Gasteiger partial charge in [0.15, 0.2) is 0 Å². The highest BCUT2D eigenvalue weighted by Crippen LogP contribution is 2.10. The quantitative estimate of drug-likeness (QED) is 0.752. The number of rotatable bonds is 8. The number of methoxy groups -OCH3 is 1. The van der Waals surface area contributed by atoms with Crippen LogP contribution in [0.4, 0.5) is 11.9 Å². The molecule has 8 nitrogen and oxygen atoms in total. The number of nitrogens with zero attached hydrogens (tertiary/aromatic N) is 5. The summed E-state index contributed by atoms with van der Waals surface area (Å²) in [5, 5.41) is 6.29. The van der Waals surface area contributed by atoms with Gasteiger partial charge in [-0.15, -0.1) is 0 Å². The molecule has 0 bridgehead atoms. The largest absolute Gasteiger partial charge is 0.467 e. The van der Waals surface area contributed by atoms with Gasteiger partial charge in [0.2, 0.25) is 11.9 Å². The van der Waals surface area contributed by atoms with Gasteiger partial charge in [-0.1, -0.05) is 6.92 Å². The minimum atomic E-state index is 0.295. The van der Waals surface area contributed by atoms with Crippen LogP contribution in [-0.4, -0.2) is 44.7 Å². The molecule has 0 amide bonds. The number of hydrogen-bond acceptors (Lipinski definition) is 7. The number of ether oxygens (including phenoxy) is 1. The van der Waals surface area contributed by atoms with Crippen LogP contribution in [0.2, 0.25) is 0 Å². The van der Waals surface area contributed by atoms with E-state index in [0.29, 0.717) is 24.5 Å². The molecule has 2 heterocycles. The summed E-state index contributed by atoms with van der Waals surface area (Å²) >= 11 is 0. The highest BCUT2D eigenvalue weighted by molar-refractivity contribution is 5.35. The van der Waals surface area contributed by atoms with Crippen LogP contribution in [-0.2, 0) is 13.5 Å². The standard InChI is InChI=1S/C13H21N7O/c1-4-6-15-11-17-12(19-13(18-11)21-3)16-7-5-10-14-8-9-20(10)2/h8-9H,4-7H2,1-3H3,(H2,15,16,17,18,19). The summed E-state index contributed by atoms with van der Waals surface area (Å²) in [5.74, 6) is 2.02. The molecular weight excluding hydrogens is 270 g/mol. The van der Waals surface area contributed by atoms with Crippen LogP contribution in [0, 0.1) is 0 Å². The molecule has 0 saturated heterocycles. The molecule has 0 aliphatic carbocycles. The Morgan fingerprint density at radius 2 is 1.86 bits per heavy atom. The first-order chi connectivity index (χ1) is 10.2. The van der Waals surface area contributed by atoms with E-state index in [4.69, 9.17) is 4.74 Å². The molecule has 0 aliphatic heterocycles. The summed E-state index contributed by atoms with van der Waals surface area (Å²) in [4.78, 5) is 16.9. The van der Waals surface area contributed by atoms with E-state index >= 15 is 0 Å². The van der Waals surface area contributed by atoms with E-state index in [1.807, 2.05) is 17.8 Å². The van der Waals surface area contributed by atoms with Gasteiger partial charge in [-0.25, -0.2) is 4.98 Å². The zero-order valence-electron chi connectivity index (χ0n) is 12.6. The molecular formula is C13H21N7O. The third-order valence-corrected chi connectivity index (χ3v) is 2.88. The fourth-order valence-corrected chi connectivity index (χ4v) is 1.77. The van der Waals surface area contributed by atoms with Crippen LogP contribution in [0.25, 0.3) is 0 Å². The predicted octanol–water partition coefficient (Wildman–Crippen LogP) is 1.09. The Hall–Kier alpha value is -2.38. The molecule has 2 aromatic heterocycles. The summed E-state index contributed by atoms with van der Waals surface area (Å²) in [6.07, 6.45) is 5.49. The zero-order valence-corrected chi connectivity index (χ0v) is 12.6. The number of aryl methyl sites for hydroxylation is 1. The van der Waals surface area contributed by atoms with Crippen molar-refractivity contribution in [2.75, 3.05) is 30.8 Å². The van der Waals surface area contributed by atoms with E-state index < -0.39 is 0 Å². The van der Waals surface area contributed by atoms with Gasteiger partial charge in [-0.3, -0.25) is 0 Å². The number of hydrogen-bond donors (Lipinski definition) is 2. The maximum absolute atomic E-state index is 5.09. The average Bonchev–Trinajstić information content (AvgIpc) is 2.90. The minimum Gasteiger partial charge on any atom is -0.467 e. The van der Waals surface area contributed by atoms with E-state index in [1.54, 1.807) is 6.20 Å². The number of imidazole rings is 1. The van der Waals surface area contributed by atoms with E-state index in [2.05, 4.69) is 37.5 Å². The molecule has 0 radical (unpaired) electrons. The van der Waals surface area contributed by atoms with Gasteiger partial charge >= 0.3 is 6.01 Å². The van der Waals surface area contributed by atoms with Crippen LogP contribution in [0.5, 0.6) is 6.01 Å². The van der Waals surface area contributed by atoms with Gasteiger partial charge in [0.25, 0.3) is 0 Å². The molecule has 0 spiro atoms. The normalized spacial score (nSPS) is 10.4. The van der Waals surface area contributed by atoms with E-state index in [-0.39, 0.29) is 0 Å². The Morgan fingerprint density at radius 1 is 1.14 bits per heavy atom. The second-order valence-corrected chi connectivity index (χ2v) is 4.53. The van der Waals surface area contributed by atoms with Crippen molar-refractivity contribution in [1.29, 1.82) is 0 Å². The predicted molar refractivity (Wildman–Crippen MR) is 80.6 cm³/mol. The lowest BCUT2D eigenvalue weighted by Gasteiger charge is -2.09. The Bertz CT molecular complexity index is 569. The first kappa shape index (κ1) is 15.0. The first-order valence-corrected chi connectivity index (χ1v) is 6.97. The molecule has 114 valence electrons. The van der Waals surface area contributed by atoms with Gasteiger partial charge in [0.05, 0.1) is 7.11 Å². The van der Waals surface area contributed by atoms with E-state index in [9.17, 15) is 0 Å². The van der Waals surface area contributed by atoms with Gasteiger partial charge in [0.1, 0.15) is 5.82 Å². The summed E-state index contributed by atoms with van der Waals surface area (Å²) in [7, 11) is 3.51. The van der Waals surface area contributed by atoms with E-state index in [0.717, 1.165) is 25.2 Å². The van der Waals surface area contributed by atoms with Crippen LogP contribution in [0.1, 0.15) is 19.2 Å². The molecule has 0 aromatic carbocycles. The Kier molecular flexibility index (Phi) is 5.30. The van der Waals surface area contributed by atoms with Crippen LogP contribution in [0.15, 0.2) is 12.4 Å². The maximum atomic E-state index is 5.09. The van der Waals surface area contributed by atoms with Gasteiger partial charge in [-0.05, 0) is 6.42 Å². The van der Waals surface area contributed by atoms with Crippen LogP contribution in [0.3, 0.4) is 0 Å². The summed E-state index contributed by atoms with van der Waals surface area (Å²) in [5.41, 5.74) is 0. The average molecular weight is 291 g/mol. The van der Waals surface area contributed by atoms with E-state index in [1.165, 1.54) is 7.11 Å². The van der Waals surface area contributed by atoms with Crippen LogP contribution < -0.4 is 15.4 Å². The molecule has 21 heavy (non-hydrogen) atoms. The fraction of sp³-hybridized carbons (Fsp3) is 0.538. The summed E-state index contributed by atoms with van der Waals surface area (Å²) in [6.45, 7) is 3.57. The van der Waals surface area contributed by atoms with Gasteiger partial charge in [0, 0.05) is 39.0 Å². The highest BCUT2D eigenvalue weighted by atomic mass is 16.5. The zero-order chi connectivity index (χ0) is 15.1. The third kappa shape index (κ3) is 4.30. The lowest BCUT2D eigenvalue weighted by atomic mass is 10.4. The molecule has 2 N–H and O–H groups in total. The SMILES string of the molecule is CCCNc1nc(NCCc2nccn2C)nc(OC)n1. The van der Waals surface area contributed by atoms with Crippen molar-refractivity contribution in [1.82, 2.24) is 24.5 Å². The van der Waals surface area contributed by atoms with Crippen molar-refractivity contribution in [3.63, 3.8) is 0 Å². The Balaban J connectivity index is 1.96. The first-order valence-electron chi connectivity index (χ1n) is 6.97. The lowest BCUT2D eigenvalue weighted by molar-refractivity contribution is 0.379. The number of aromatic nitrogens is 5. The maximum Gasteiger partial charge on any atom is 0.322 e. The molecule has 0 aliphatic rings. The van der Waals surface area contributed by atoms with Crippen molar-refractivity contribution in [2.45, 2.75) is 19.8 Å². The van der Waals surface area contributed by atoms with Crippen molar-refractivity contribution in [3.8, 4) is 6.01 Å². The summed E-state index contributed by atoms with van der Waals surface area (Å²) in [6, 6.07) is 0.295. The molecule has 2 rings (SSSR count). The van der Waals surface area contributed by atoms with Crippen LogP contribution >= 0.6 is 0 Å². The minimum absolute atomic E-state index is 0.295.